The Morgan fingerprint density at radius 3 is 3.00 bits per heavy atom. The Balaban J connectivity index is 2.44. The number of hydrogen-bond donors (Lipinski definition) is 2. The van der Waals surface area contributed by atoms with E-state index in [1.807, 2.05) is 11.6 Å². The Labute approximate surface area is 103 Å². The molecule has 0 aliphatic rings. The molecule has 0 aromatic carbocycles. The van der Waals surface area contributed by atoms with E-state index < -0.39 is 5.91 Å². The van der Waals surface area contributed by atoms with Gasteiger partial charge in [0.15, 0.2) is 0 Å². The average molecular weight is 243 g/mol. The fraction of sp³-hybridized carbons (Fsp3) is 0.250. The lowest BCUT2D eigenvalue weighted by Gasteiger charge is -1.99. The molecule has 0 radical (unpaired) electrons. The zero-order valence-corrected chi connectivity index (χ0v) is 10.2. The maximum Gasteiger partial charge on any atom is 0.265 e. The van der Waals surface area contributed by atoms with Crippen molar-refractivity contribution in [2.24, 2.45) is 12.8 Å². The Kier molecular flexibility index (Phi) is 2.13. The molecular formula is C12H13N5O. The van der Waals surface area contributed by atoms with Gasteiger partial charge in [0.2, 0.25) is 0 Å². The highest BCUT2D eigenvalue weighted by atomic mass is 16.1. The van der Waals surface area contributed by atoms with Gasteiger partial charge in [-0.05, 0) is 6.07 Å². The van der Waals surface area contributed by atoms with Crippen LogP contribution < -0.4 is 5.73 Å². The molecular weight excluding hydrogens is 230 g/mol. The molecule has 3 rings (SSSR count). The first-order valence-corrected chi connectivity index (χ1v) is 5.74. The van der Waals surface area contributed by atoms with Gasteiger partial charge >= 0.3 is 0 Å². The number of aromatic amines is 1. The Morgan fingerprint density at radius 1 is 1.56 bits per heavy atom. The molecule has 0 spiro atoms. The molecule has 0 bridgehead atoms. The molecule has 1 amide bonds. The maximum absolute atomic E-state index is 11.2. The summed E-state index contributed by atoms with van der Waals surface area (Å²) in [7, 11) is 1.96. The zero-order chi connectivity index (χ0) is 12.9. The molecule has 3 aromatic rings. The second kappa shape index (κ2) is 3.56. The summed E-state index contributed by atoms with van der Waals surface area (Å²) in [5.41, 5.74) is 8.09. The molecule has 6 heteroatoms. The SMILES string of the molecule is CCc1nc2cnc3[nH]c(C(N)=O)cc3c2n1C. The van der Waals surface area contributed by atoms with E-state index >= 15 is 0 Å². The highest BCUT2D eigenvalue weighted by molar-refractivity contribution is 6.05. The highest BCUT2D eigenvalue weighted by Gasteiger charge is 2.14. The van der Waals surface area contributed by atoms with Crippen molar-refractivity contribution in [1.29, 1.82) is 0 Å². The van der Waals surface area contributed by atoms with E-state index in [0.717, 1.165) is 28.7 Å². The van der Waals surface area contributed by atoms with Gasteiger partial charge in [-0.1, -0.05) is 6.92 Å². The summed E-state index contributed by atoms with van der Waals surface area (Å²) in [4.78, 5) is 22.9. The van der Waals surface area contributed by atoms with Gasteiger partial charge in [0.25, 0.3) is 5.91 Å². The van der Waals surface area contributed by atoms with E-state index in [4.69, 9.17) is 5.73 Å². The Hall–Kier alpha value is -2.37. The summed E-state index contributed by atoms with van der Waals surface area (Å²) in [6.45, 7) is 2.05. The van der Waals surface area contributed by atoms with E-state index in [-0.39, 0.29) is 0 Å². The lowest BCUT2D eigenvalue weighted by molar-refractivity contribution is 0.0996. The molecule has 0 unspecified atom stereocenters. The van der Waals surface area contributed by atoms with Crippen LogP contribution in [0.1, 0.15) is 23.2 Å². The Bertz CT molecular complexity index is 768. The largest absolute Gasteiger partial charge is 0.364 e. The molecule has 92 valence electrons. The number of fused-ring (bicyclic) bond motifs is 3. The number of nitrogens with two attached hydrogens (primary N) is 1. The van der Waals surface area contributed by atoms with Gasteiger partial charge in [0.05, 0.1) is 11.7 Å². The van der Waals surface area contributed by atoms with Crippen molar-refractivity contribution in [1.82, 2.24) is 19.5 Å². The molecule has 0 saturated carbocycles. The van der Waals surface area contributed by atoms with Gasteiger partial charge in [-0.2, -0.15) is 0 Å². The van der Waals surface area contributed by atoms with E-state index in [9.17, 15) is 4.79 Å². The minimum Gasteiger partial charge on any atom is -0.364 e. The summed E-state index contributed by atoms with van der Waals surface area (Å²) in [6.07, 6.45) is 2.55. The van der Waals surface area contributed by atoms with Crippen LogP contribution in [-0.2, 0) is 13.5 Å². The van der Waals surface area contributed by atoms with Gasteiger partial charge in [-0.15, -0.1) is 0 Å². The molecule has 0 fully saturated rings. The topological polar surface area (TPSA) is 89.6 Å². The fourth-order valence-electron chi connectivity index (χ4n) is 2.28. The second-order valence-electron chi connectivity index (χ2n) is 4.24. The number of rotatable bonds is 2. The minimum absolute atomic E-state index is 0.365. The molecule has 3 N–H and O–H groups in total. The first kappa shape index (κ1) is 10.8. The molecule has 6 nitrogen and oxygen atoms in total. The van der Waals surface area contributed by atoms with Crippen LogP contribution in [0.15, 0.2) is 12.3 Å². The molecule has 0 aliphatic carbocycles. The number of imidazole rings is 1. The number of hydrogen-bond acceptors (Lipinski definition) is 3. The third-order valence-electron chi connectivity index (χ3n) is 3.16. The van der Waals surface area contributed by atoms with Crippen molar-refractivity contribution >= 4 is 28.0 Å². The molecule has 3 aromatic heterocycles. The van der Waals surface area contributed by atoms with Crippen LogP contribution in [-0.4, -0.2) is 25.4 Å². The average Bonchev–Trinajstić information content (AvgIpc) is 2.90. The molecule has 0 aliphatic heterocycles. The van der Waals surface area contributed by atoms with Crippen LogP contribution in [0, 0.1) is 0 Å². The van der Waals surface area contributed by atoms with Crippen molar-refractivity contribution in [3.63, 3.8) is 0 Å². The Morgan fingerprint density at radius 2 is 2.33 bits per heavy atom. The van der Waals surface area contributed by atoms with Crippen LogP contribution in [0.2, 0.25) is 0 Å². The van der Waals surface area contributed by atoms with Crippen molar-refractivity contribution in [3.05, 3.63) is 23.8 Å². The molecule has 0 saturated heterocycles. The number of aryl methyl sites for hydroxylation is 2. The third kappa shape index (κ3) is 1.32. The standard InChI is InChI=1S/C12H13N5O/c1-3-9-15-8-5-14-12-6(10(8)17(9)2)4-7(16-12)11(13)18/h4-5H,3H2,1-2H3,(H2,13,18)(H,14,16). The normalized spacial score (nSPS) is 11.4. The quantitative estimate of drug-likeness (QED) is 0.706. The lowest BCUT2D eigenvalue weighted by Crippen LogP contribution is -2.10. The van der Waals surface area contributed by atoms with E-state index in [0.29, 0.717) is 11.3 Å². The number of pyridine rings is 1. The number of nitrogens with zero attached hydrogens (tertiary/aromatic N) is 3. The number of carbonyl (C=O) groups excluding carboxylic acids is 1. The van der Waals surface area contributed by atoms with Gasteiger partial charge in [0, 0.05) is 18.9 Å². The highest BCUT2D eigenvalue weighted by Crippen LogP contribution is 2.24. The van der Waals surface area contributed by atoms with Crippen molar-refractivity contribution in [3.8, 4) is 0 Å². The van der Waals surface area contributed by atoms with Gasteiger partial charge < -0.3 is 15.3 Å². The fourth-order valence-corrected chi connectivity index (χ4v) is 2.28. The summed E-state index contributed by atoms with van der Waals surface area (Å²) in [5.74, 6) is 0.500. The summed E-state index contributed by atoms with van der Waals surface area (Å²) >= 11 is 0. The van der Waals surface area contributed by atoms with Crippen molar-refractivity contribution in [2.45, 2.75) is 13.3 Å². The minimum atomic E-state index is -0.487. The smallest absolute Gasteiger partial charge is 0.265 e. The van der Waals surface area contributed by atoms with E-state index in [1.54, 1.807) is 12.3 Å². The van der Waals surface area contributed by atoms with Crippen LogP contribution in [0.25, 0.3) is 22.1 Å². The zero-order valence-electron chi connectivity index (χ0n) is 10.2. The predicted octanol–water partition coefficient (Wildman–Crippen LogP) is 1.11. The third-order valence-corrected chi connectivity index (χ3v) is 3.16. The summed E-state index contributed by atoms with van der Waals surface area (Å²) in [6, 6.07) is 1.73. The van der Waals surface area contributed by atoms with Gasteiger partial charge in [-0.25, -0.2) is 9.97 Å². The number of carbonyl (C=O) groups is 1. The maximum atomic E-state index is 11.2. The summed E-state index contributed by atoms with van der Waals surface area (Å²) in [5, 5.41) is 0.871. The predicted molar refractivity (Wildman–Crippen MR) is 68.3 cm³/mol. The molecule has 3 heterocycles. The van der Waals surface area contributed by atoms with Crippen molar-refractivity contribution in [2.75, 3.05) is 0 Å². The molecule has 18 heavy (non-hydrogen) atoms. The number of amides is 1. The van der Waals surface area contributed by atoms with E-state index in [1.165, 1.54) is 0 Å². The van der Waals surface area contributed by atoms with E-state index in [2.05, 4.69) is 21.9 Å². The molecule has 0 atom stereocenters. The monoisotopic (exact) mass is 243 g/mol. The van der Waals surface area contributed by atoms with Crippen LogP contribution in [0.4, 0.5) is 0 Å². The van der Waals surface area contributed by atoms with Gasteiger partial charge in [-0.3, -0.25) is 4.79 Å². The summed E-state index contributed by atoms with van der Waals surface area (Å²) < 4.78 is 2.03. The first-order valence-electron chi connectivity index (χ1n) is 5.74. The van der Waals surface area contributed by atoms with Crippen LogP contribution in [0.3, 0.4) is 0 Å². The second-order valence-corrected chi connectivity index (χ2v) is 4.24. The van der Waals surface area contributed by atoms with Crippen LogP contribution in [0.5, 0.6) is 0 Å². The van der Waals surface area contributed by atoms with Crippen LogP contribution >= 0.6 is 0 Å². The van der Waals surface area contributed by atoms with Crippen molar-refractivity contribution < 1.29 is 4.79 Å². The number of aromatic nitrogens is 4. The number of H-pyrrole nitrogens is 1. The number of nitrogens with one attached hydrogen (secondary N) is 1. The first-order chi connectivity index (χ1) is 8.61. The van der Waals surface area contributed by atoms with Gasteiger partial charge in [0.1, 0.15) is 22.7 Å². The lowest BCUT2D eigenvalue weighted by atomic mass is 10.2. The number of primary amides is 1.